The molecule has 0 spiro atoms. The Morgan fingerprint density at radius 2 is 2.06 bits per heavy atom. The highest BCUT2D eigenvalue weighted by atomic mass is 19.2. The van der Waals surface area contributed by atoms with Crippen LogP contribution in [0.15, 0.2) is 24.4 Å². The highest BCUT2D eigenvalue weighted by Gasteiger charge is 2.12. The molecule has 1 aromatic carbocycles. The van der Waals surface area contributed by atoms with E-state index in [-0.39, 0.29) is 5.92 Å². The van der Waals surface area contributed by atoms with E-state index in [0.29, 0.717) is 6.42 Å². The summed E-state index contributed by atoms with van der Waals surface area (Å²) >= 11 is 0. The highest BCUT2D eigenvalue weighted by Crippen LogP contribution is 2.21. The summed E-state index contributed by atoms with van der Waals surface area (Å²) in [4.78, 5) is 0. The molecule has 0 saturated carbocycles. The molecule has 1 unspecified atom stereocenters. The van der Waals surface area contributed by atoms with Crippen LogP contribution in [0.2, 0.25) is 0 Å². The van der Waals surface area contributed by atoms with Crippen molar-refractivity contribution in [3.63, 3.8) is 0 Å². The summed E-state index contributed by atoms with van der Waals surface area (Å²) in [7, 11) is 0. The summed E-state index contributed by atoms with van der Waals surface area (Å²) in [5, 5.41) is 7.98. The molecule has 1 heterocycles. The number of nitrogens with zero attached hydrogens (tertiary/aromatic N) is 3. The van der Waals surface area contributed by atoms with Gasteiger partial charge >= 0.3 is 0 Å². The molecule has 0 aliphatic heterocycles. The molecular weight excluding hydrogens is 236 g/mol. The molecule has 0 amide bonds. The minimum Gasteiger partial charge on any atom is -0.253 e. The maximum Gasteiger partial charge on any atom is 0.159 e. The Bertz CT molecular complexity index is 537. The first-order chi connectivity index (χ1) is 8.60. The van der Waals surface area contributed by atoms with E-state index in [4.69, 9.17) is 0 Å². The minimum absolute atomic E-state index is 0.0714. The van der Waals surface area contributed by atoms with Crippen molar-refractivity contribution >= 4 is 0 Å². The van der Waals surface area contributed by atoms with Gasteiger partial charge in [-0.25, -0.2) is 8.78 Å². The van der Waals surface area contributed by atoms with Gasteiger partial charge in [-0.15, -0.1) is 5.10 Å². The zero-order valence-corrected chi connectivity index (χ0v) is 10.4. The monoisotopic (exact) mass is 251 g/mol. The van der Waals surface area contributed by atoms with Crippen molar-refractivity contribution < 1.29 is 8.78 Å². The summed E-state index contributed by atoms with van der Waals surface area (Å²) in [6.45, 7) is 4.71. The number of aromatic nitrogens is 3. The predicted octanol–water partition coefficient (Wildman–Crippen LogP) is 2.92. The van der Waals surface area contributed by atoms with Gasteiger partial charge in [-0.2, -0.15) is 0 Å². The zero-order chi connectivity index (χ0) is 13.1. The first-order valence-electron chi connectivity index (χ1n) is 5.94. The minimum atomic E-state index is -0.817. The second-order valence-electron chi connectivity index (χ2n) is 4.34. The lowest BCUT2D eigenvalue weighted by Gasteiger charge is -2.10. The largest absolute Gasteiger partial charge is 0.253 e. The maximum atomic E-state index is 13.1. The fourth-order valence-electron chi connectivity index (χ4n) is 1.84. The Hall–Kier alpha value is -1.78. The lowest BCUT2D eigenvalue weighted by molar-refractivity contribution is 0.505. The standard InChI is InChI=1S/C13H15F2N3/c1-3-18-8-11(16-17-18)6-9(2)10-4-5-12(14)13(15)7-10/h4-5,7-9H,3,6H2,1-2H3. The van der Waals surface area contributed by atoms with Crippen molar-refractivity contribution in [3.05, 3.63) is 47.3 Å². The number of benzene rings is 1. The lowest BCUT2D eigenvalue weighted by Crippen LogP contribution is -2.00. The fourth-order valence-corrected chi connectivity index (χ4v) is 1.84. The van der Waals surface area contributed by atoms with E-state index in [2.05, 4.69) is 10.3 Å². The molecule has 0 saturated heterocycles. The van der Waals surface area contributed by atoms with Crippen LogP contribution in [-0.4, -0.2) is 15.0 Å². The summed E-state index contributed by atoms with van der Waals surface area (Å²) in [6.07, 6.45) is 2.53. The van der Waals surface area contributed by atoms with Gasteiger partial charge < -0.3 is 0 Å². The van der Waals surface area contributed by atoms with Gasteiger partial charge in [0.25, 0.3) is 0 Å². The molecule has 18 heavy (non-hydrogen) atoms. The molecule has 0 N–H and O–H groups in total. The third-order valence-electron chi connectivity index (χ3n) is 2.94. The first kappa shape index (κ1) is 12.7. The number of hydrogen-bond donors (Lipinski definition) is 0. The van der Waals surface area contributed by atoms with Gasteiger partial charge in [0.05, 0.1) is 5.69 Å². The highest BCUT2D eigenvalue weighted by molar-refractivity contribution is 5.22. The third-order valence-corrected chi connectivity index (χ3v) is 2.94. The van der Waals surface area contributed by atoms with E-state index in [0.717, 1.165) is 23.9 Å². The maximum absolute atomic E-state index is 13.1. The number of hydrogen-bond acceptors (Lipinski definition) is 2. The van der Waals surface area contributed by atoms with Crippen molar-refractivity contribution in [1.29, 1.82) is 0 Å². The van der Waals surface area contributed by atoms with Crippen LogP contribution in [0.3, 0.4) is 0 Å². The Labute approximate surface area is 104 Å². The van der Waals surface area contributed by atoms with Crippen LogP contribution in [0.5, 0.6) is 0 Å². The van der Waals surface area contributed by atoms with E-state index in [1.54, 1.807) is 10.7 Å². The molecule has 0 aliphatic rings. The number of rotatable bonds is 4. The smallest absolute Gasteiger partial charge is 0.159 e. The SMILES string of the molecule is CCn1cc(CC(C)c2ccc(F)c(F)c2)nn1. The van der Waals surface area contributed by atoms with Gasteiger partial charge in [0.1, 0.15) is 0 Å². The van der Waals surface area contributed by atoms with E-state index in [9.17, 15) is 8.78 Å². The van der Waals surface area contributed by atoms with Crippen LogP contribution in [0, 0.1) is 11.6 Å². The summed E-state index contributed by atoms with van der Waals surface area (Å²) in [5.41, 5.74) is 1.62. The van der Waals surface area contributed by atoms with Crippen LogP contribution in [0.4, 0.5) is 8.78 Å². The molecule has 2 aromatic rings. The average Bonchev–Trinajstić information content (AvgIpc) is 2.80. The van der Waals surface area contributed by atoms with E-state index >= 15 is 0 Å². The van der Waals surface area contributed by atoms with Crippen molar-refractivity contribution in [2.45, 2.75) is 32.7 Å². The summed E-state index contributed by atoms with van der Waals surface area (Å²) < 4.78 is 27.7. The predicted molar refractivity (Wildman–Crippen MR) is 64.2 cm³/mol. The van der Waals surface area contributed by atoms with E-state index < -0.39 is 11.6 Å². The van der Waals surface area contributed by atoms with Gasteiger partial charge in [0, 0.05) is 12.7 Å². The van der Waals surface area contributed by atoms with E-state index in [1.807, 2.05) is 20.0 Å². The normalized spacial score (nSPS) is 12.7. The van der Waals surface area contributed by atoms with Crippen molar-refractivity contribution in [2.24, 2.45) is 0 Å². The van der Waals surface area contributed by atoms with Gasteiger partial charge in [-0.05, 0) is 37.0 Å². The van der Waals surface area contributed by atoms with Gasteiger partial charge in [0.15, 0.2) is 11.6 Å². The molecule has 2 rings (SSSR count). The molecule has 5 heteroatoms. The number of aryl methyl sites for hydroxylation is 1. The van der Waals surface area contributed by atoms with Crippen LogP contribution in [0.1, 0.15) is 31.0 Å². The lowest BCUT2D eigenvalue weighted by atomic mass is 9.96. The molecule has 1 aromatic heterocycles. The van der Waals surface area contributed by atoms with Gasteiger partial charge in [-0.1, -0.05) is 18.2 Å². The average molecular weight is 251 g/mol. The number of halogens is 2. The van der Waals surface area contributed by atoms with Crippen molar-refractivity contribution in [1.82, 2.24) is 15.0 Å². The van der Waals surface area contributed by atoms with Crippen LogP contribution >= 0.6 is 0 Å². The molecule has 96 valence electrons. The Kier molecular flexibility index (Phi) is 3.69. The molecule has 0 fully saturated rings. The molecule has 0 aliphatic carbocycles. The second kappa shape index (κ2) is 5.25. The zero-order valence-electron chi connectivity index (χ0n) is 10.4. The van der Waals surface area contributed by atoms with Gasteiger partial charge in [-0.3, -0.25) is 4.68 Å². The Balaban J connectivity index is 2.11. The summed E-state index contributed by atoms with van der Waals surface area (Å²) in [5.74, 6) is -1.55. The van der Waals surface area contributed by atoms with Crippen LogP contribution < -0.4 is 0 Å². The quantitative estimate of drug-likeness (QED) is 0.836. The molecule has 0 bridgehead atoms. The molecule has 3 nitrogen and oxygen atoms in total. The second-order valence-corrected chi connectivity index (χ2v) is 4.34. The molecular formula is C13H15F2N3. The Morgan fingerprint density at radius 1 is 1.28 bits per heavy atom. The fraction of sp³-hybridized carbons (Fsp3) is 0.385. The third kappa shape index (κ3) is 2.72. The summed E-state index contributed by atoms with van der Waals surface area (Å²) in [6, 6.07) is 4.00. The van der Waals surface area contributed by atoms with Crippen LogP contribution in [0.25, 0.3) is 0 Å². The van der Waals surface area contributed by atoms with Crippen molar-refractivity contribution in [3.8, 4) is 0 Å². The first-order valence-corrected chi connectivity index (χ1v) is 5.94. The van der Waals surface area contributed by atoms with Crippen LogP contribution in [-0.2, 0) is 13.0 Å². The van der Waals surface area contributed by atoms with Crippen molar-refractivity contribution in [2.75, 3.05) is 0 Å². The van der Waals surface area contributed by atoms with Gasteiger partial charge in [0.2, 0.25) is 0 Å². The molecule has 1 atom stereocenters. The molecule has 0 radical (unpaired) electrons. The van der Waals surface area contributed by atoms with E-state index in [1.165, 1.54) is 6.07 Å². The topological polar surface area (TPSA) is 30.7 Å². The Morgan fingerprint density at radius 3 is 2.67 bits per heavy atom.